The number of carbonyl (C=O) groups is 1. The van der Waals surface area contributed by atoms with Crippen molar-refractivity contribution in [1.29, 1.82) is 0 Å². The van der Waals surface area contributed by atoms with E-state index in [1.165, 1.54) is 16.8 Å². The van der Waals surface area contributed by atoms with Crippen molar-refractivity contribution in [2.24, 2.45) is 0 Å². The number of piperazine rings is 1. The molecule has 1 fully saturated rings. The van der Waals surface area contributed by atoms with Crippen LogP contribution in [0.2, 0.25) is 0 Å². The minimum absolute atomic E-state index is 0.282. The summed E-state index contributed by atoms with van der Waals surface area (Å²) in [6, 6.07) is 6.46. The molecule has 0 saturated carbocycles. The van der Waals surface area contributed by atoms with Gasteiger partial charge in [-0.15, -0.1) is 0 Å². The van der Waals surface area contributed by atoms with Gasteiger partial charge in [0.15, 0.2) is 0 Å². The van der Waals surface area contributed by atoms with Crippen molar-refractivity contribution in [3.05, 3.63) is 29.3 Å². The third-order valence-electron chi connectivity index (χ3n) is 4.49. The molecule has 1 N–H and O–H groups in total. The number of amides is 1. The Morgan fingerprint density at radius 3 is 2.55 bits per heavy atom. The van der Waals surface area contributed by atoms with Crippen LogP contribution in [-0.2, 0) is 4.79 Å². The van der Waals surface area contributed by atoms with Gasteiger partial charge in [0.2, 0.25) is 5.91 Å². The van der Waals surface area contributed by atoms with E-state index in [0.29, 0.717) is 6.42 Å². The Hall–Kier alpha value is -1.55. The molecular formula is C18H29N3O. The minimum Gasteiger partial charge on any atom is -0.368 e. The first-order valence-electron chi connectivity index (χ1n) is 8.43. The number of anilines is 1. The van der Waals surface area contributed by atoms with Gasteiger partial charge in [-0.25, -0.2) is 0 Å². The maximum absolute atomic E-state index is 12.2. The Kier molecular flexibility index (Phi) is 6.25. The van der Waals surface area contributed by atoms with Gasteiger partial charge in [0.25, 0.3) is 0 Å². The maximum Gasteiger partial charge on any atom is 0.223 e. The molecule has 22 heavy (non-hydrogen) atoms. The Morgan fingerprint density at radius 2 is 1.86 bits per heavy atom. The van der Waals surface area contributed by atoms with Crippen LogP contribution in [0.5, 0.6) is 0 Å². The molecule has 122 valence electrons. The molecule has 0 bridgehead atoms. The van der Waals surface area contributed by atoms with Crippen LogP contribution >= 0.6 is 0 Å². The van der Waals surface area contributed by atoms with Gasteiger partial charge in [-0.2, -0.15) is 0 Å². The van der Waals surface area contributed by atoms with Gasteiger partial charge in [0, 0.05) is 44.8 Å². The van der Waals surface area contributed by atoms with Gasteiger partial charge < -0.3 is 15.1 Å². The van der Waals surface area contributed by atoms with E-state index in [1.54, 1.807) is 0 Å². The monoisotopic (exact) mass is 303 g/mol. The van der Waals surface area contributed by atoms with Crippen LogP contribution in [0.3, 0.4) is 0 Å². The molecule has 4 heteroatoms. The smallest absolute Gasteiger partial charge is 0.223 e. The number of rotatable bonds is 6. The van der Waals surface area contributed by atoms with Gasteiger partial charge in [-0.1, -0.05) is 19.1 Å². The second kappa shape index (κ2) is 8.18. The van der Waals surface area contributed by atoms with Gasteiger partial charge >= 0.3 is 0 Å². The van der Waals surface area contributed by atoms with Crippen molar-refractivity contribution in [2.45, 2.75) is 33.6 Å². The first kappa shape index (κ1) is 16.8. The zero-order valence-electron chi connectivity index (χ0n) is 14.2. The van der Waals surface area contributed by atoms with Crippen LogP contribution in [0.1, 0.15) is 30.9 Å². The molecule has 1 aromatic rings. The topological polar surface area (TPSA) is 35.6 Å². The number of carbonyl (C=O) groups excluding carboxylic acids is 1. The highest BCUT2D eigenvalue weighted by atomic mass is 16.2. The SMILES string of the molecule is CCCNCCC(=O)N1CCN(c2cccc(C)c2C)CC1. The standard InChI is InChI=1S/C18H29N3O/c1-4-9-19-10-8-18(22)21-13-11-20(12-14-21)17-7-5-6-15(2)16(17)3/h5-7,19H,4,8-14H2,1-3H3. The average molecular weight is 303 g/mol. The highest BCUT2D eigenvalue weighted by Crippen LogP contribution is 2.23. The fourth-order valence-electron chi connectivity index (χ4n) is 2.93. The Balaban J connectivity index is 1.82. The Labute approximate surface area is 134 Å². The highest BCUT2D eigenvalue weighted by molar-refractivity contribution is 5.76. The molecule has 0 aliphatic carbocycles. The van der Waals surface area contributed by atoms with E-state index < -0.39 is 0 Å². The molecule has 1 aliphatic rings. The van der Waals surface area contributed by atoms with Crippen LogP contribution in [-0.4, -0.2) is 50.1 Å². The van der Waals surface area contributed by atoms with E-state index in [9.17, 15) is 4.79 Å². The molecule has 4 nitrogen and oxygen atoms in total. The van der Waals surface area contributed by atoms with Crippen LogP contribution in [0.4, 0.5) is 5.69 Å². The molecule has 1 amide bonds. The van der Waals surface area contributed by atoms with E-state index in [0.717, 1.165) is 45.7 Å². The summed E-state index contributed by atoms with van der Waals surface area (Å²) in [5, 5.41) is 3.30. The van der Waals surface area contributed by atoms with Crippen molar-refractivity contribution in [3.8, 4) is 0 Å². The van der Waals surface area contributed by atoms with Gasteiger partial charge in [-0.3, -0.25) is 4.79 Å². The largest absolute Gasteiger partial charge is 0.368 e. The first-order valence-corrected chi connectivity index (χ1v) is 8.43. The molecule has 0 atom stereocenters. The van der Waals surface area contributed by atoms with Crippen LogP contribution < -0.4 is 10.2 Å². The summed E-state index contributed by atoms with van der Waals surface area (Å²) in [6.45, 7) is 11.8. The van der Waals surface area contributed by atoms with E-state index in [-0.39, 0.29) is 5.91 Å². The quantitative estimate of drug-likeness (QED) is 0.819. The summed E-state index contributed by atoms with van der Waals surface area (Å²) in [6.07, 6.45) is 1.73. The highest BCUT2D eigenvalue weighted by Gasteiger charge is 2.21. The third-order valence-corrected chi connectivity index (χ3v) is 4.49. The minimum atomic E-state index is 0.282. The second-order valence-corrected chi connectivity index (χ2v) is 6.09. The summed E-state index contributed by atoms with van der Waals surface area (Å²) in [4.78, 5) is 16.6. The molecule has 0 radical (unpaired) electrons. The summed E-state index contributed by atoms with van der Waals surface area (Å²) >= 11 is 0. The second-order valence-electron chi connectivity index (χ2n) is 6.09. The van der Waals surface area contributed by atoms with E-state index in [1.807, 2.05) is 4.90 Å². The lowest BCUT2D eigenvalue weighted by Gasteiger charge is -2.37. The zero-order chi connectivity index (χ0) is 15.9. The van der Waals surface area contributed by atoms with Gasteiger partial charge in [0.05, 0.1) is 0 Å². The van der Waals surface area contributed by atoms with E-state index >= 15 is 0 Å². The third kappa shape index (κ3) is 4.23. The number of hydrogen-bond donors (Lipinski definition) is 1. The fourth-order valence-corrected chi connectivity index (χ4v) is 2.93. The molecule has 1 aromatic carbocycles. The average Bonchev–Trinajstić information content (AvgIpc) is 2.54. The van der Waals surface area contributed by atoms with Crippen LogP contribution in [0.25, 0.3) is 0 Å². The molecule has 0 aromatic heterocycles. The summed E-state index contributed by atoms with van der Waals surface area (Å²) in [7, 11) is 0. The Bertz CT molecular complexity index is 493. The lowest BCUT2D eigenvalue weighted by Crippen LogP contribution is -2.49. The summed E-state index contributed by atoms with van der Waals surface area (Å²) in [5.74, 6) is 0.282. The van der Waals surface area contributed by atoms with Crippen molar-refractivity contribution < 1.29 is 4.79 Å². The molecular weight excluding hydrogens is 274 g/mol. The zero-order valence-corrected chi connectivity index (χ0v) is 14.2. The fraction of sp³-hybridized carbons (Fsp3) is 0.611. The summed E-state index contributed by atoms with van der Waals surface area (Å²) in [5.41, 5.74) is 4.00. The van der Waals surface area contributed by atoms with Crippen molar-refractivity contribution in [2.75, 3.05) is 44.2 Å². The van der Waals surface area contributed by atoms with E-state index in [2.05, 4.69) is 49.2 Å². The molecule has 0 spiro atoms. The number of hydrogen-bond acceptors (Lipinski definition) is 3. The number of aryl methyl sites for hydroxylation is 1. The maximum atomic E-state index is 12.2. The van der Waals surface area contributed by atoms with Gasteiger partial charge in [-0.05, 0) is 44.0 Å². The number of nitrogens with one attached hydrogen (secondary N) is 1. The van der Waals surface area contributed by atoms with Crippen molar-refractivity contribution >= 4 is 11.6 Å². The molecule has 1 saturated heterocycles. The van der Waals surface area contributed by atoms with Crippen molar-refractivity contribution in [3.63, 3.8) is 0 Å². The Morgan fingerprint density at radius 1 is 1.14 bits per heavy atom. The lowest BCUT2D eigenvalue weighted by molar-refractivity contribution is -0.131. The van der Waals surface area contributed by atoms with Crippen LogP contribution in [0.15, 0.2) is 18.2 Å². The molecule has 2 rings (SSSR count). The normalized spacial score (nSPS) is 15.2. The van der Waals surface area contributed by atoms with Crippen LogP contribution in [0, 0.1) is 13.8 Å². The predicted octanol–water partition coefficient (Wildman–Crippen LogP) is 2.34. The molecule has 1 heterocycles. The molecule has 1 aliphatic heterocycles. The van der Waals surface area contributed by atoms with Gasteiger partial charge in [0.1, 0.15) is 0 Å². The summed E-state index contributed by atoms with van der Waals surface area (Å²) < 4.78 is 0. The van der Waals surface area contributed by atoms with Crippen molar-refractivity contribution in [1.82, 2.24) is 10.2 Å². The first-order chi connectivity index (χ1) is 10.6. The lowest BCUT2D eigenvalue weighted by atomic mass is 10.1. The number of benzene rings is 1. The molecule has 0 unspecified atom stereocenters. The predicted molar refractivity (Wildman–Crippen MR) is 92.5 cm³/mol. The number of nitrogens with zero attached hydrogens (tertiary/aromatic N) is 2. The van der Waals surface area contributed by atoms with E-state index in [4.69, 9.17) is 0 Å².